The normalized spacial score (nSPS) is 15.0. The van der Waals surface area contributed by atoms with Crippen LogP contribution in [-0.4, -0.2) is 213 Å². The molecule has 3 aliphatic rings. The van der Waals surface area contributed by atoms with Crippen molar-refractivity contribution in [1.82, 2.24) is 42.2 Å². The Morgan fingerprint density at radius 2 is 0.824 bits per heavy atom. The van der Waals surface area contributed by atoms with Crippen LogP contribution in [-0.2, 0) is 62.8 Å². The predicted molar refractivity (Wildman–Crippen MR) is 371 cm³/mol. The molecule has 3 aromatic carbocycles. The highest BCUT2D eigenvalue weighted by Gasteiger charge is 2.29. The van der Waals surface area contributed by atoms with E-state index in [-0.39, 0.29) is 67.4 Å². The quantitative estimate of drug-likeness (QED) is 0.0178. The van der Waals surface area contributed by atoms with E-state index in [2.05, 4.69) is 66.5 Å². The Bertz CT molecular complexity index is 3590. The molecule has 0 amide bonds. The molecule has 0 aliphatic carbocycles. The summed E-state index contributed by atoms with van der Waals surface area (Å²) in [7, 11) is 0. The standard InChI is InChI=1S/3C21H29N5O7S/c1-21(2,3)22-12-17(14-31-19-18(23-34-24-19)25-8-10-30-11-9-25)33-20(27)16-6-4-15(5-7-16)13-32-26(28)29;1-21(2,3)22-12-17(14-31-19-18(23-34-24-19)25-7-9-30-10-8-25)33-20(27)16-6-4-5-15(11-16)13-32-26(28)29;1-21(2,3)22-12-16(14-31-19-18(23-34-24-19)25-8-10-30-11-9-25)33-20(27)17-7-5-4-6-15(17)13-32-26(28)29/h4-7,17,22H,8-14H2,1-3H3;4-6,11,17,22H,7-10,12-14H2,1-3H3;4-7,16,22H,8-14H2,1-3H3. The minimum absolute atomic E-state index is 0.0468. The molecule has 0 bridgehead atoms. The number of hydrogen-bond donors (Lipinski definition) is 3. The van der Waals surface area contributed by atoms with Gasteiger partial charge in [0.05, 0.1) is 91.5 Å². The van der Waals surface area contributed by atoms with Gasteiger partial charge in [-0.1, -0.05) is 42.5 Å². The number of benzene rings is 3. The minimum Gasteiger partial charge on any atom is -0.470 e. The molecule has 39 heteroatoms. The monoisotopic (exact) mass is 1490 g/mol. The Kier molecular flexibility index (Phi) is 31.4. The lowest BCUT2D eigenvalue weighted by atomic mass is 10.1. The highest BCUT2D eigenvalue weighted by Crippen LogP contribution is 2.30. The Morgan fingerprint density at radius 3 is 1.22 bits per heavy atom. The number of ether oxygens (including phenoxy) is 9. The van der Waals surface area contributed by atoms with Gasteiger partial charge in [0.1, 0.15) is 58.0 Å². The smallest absolute Gasteiger partial charge is 0.338 e. The number of morpholine rings is 3. The Balaban J connectivity index is 0.000000214. The largest absolute Gasteiger partial charge is 0.470 e. The first-order valence-corrected chi connectivity index (χ1v) is 34.6. The first-order chi connectivity index (χ1) is 48.6. The van der Waals surface area contributed by atoms with Gasteiger partial charge in [-0.2, -0.15) is 13.1 Å². The number of nitrogens with one attached hydrogen (secondary N) is 3. The van der Waals surface area contributed by atoms with Gasteiger partial charge in [0.25, 0.3) is 32.9 Å². The first kappa shape index (κ1) is 80.2. The molecule has 0 spiro atoms. The summed E-state index contributed by atoms with van der Waals surface area (Å²) in [4.78, 5) is 89.1. The second kappa shape index (κ2) is 39.9. The van der Waals surface area contributed by atoms with E-state index in [0.717, 1.165) is 35.2 Å². The van der Waals surface area contributed by atoms with Gasteiger partial charge in [-0.25, -0.2) is 14.4 Å². The number of rotatable bonds is 33. The Morgan fingerprint density at radius 1 is 0.461 bits per heavy atom. The fraction of sp³-hybridized carbons (Fsp3) is 0.571. The zero-order valence-corrected chi connectivity index (χ0v) is 60.6. The molecule has 3 aromatic heterocycles. The van der Waals surface area contributed by atoms with Gasteiger partial charge in [0.2, 0.25) is 17.5 Å². The van der Waals surface area contributed by atoms with Crippen LogP contribution in [0.4, 0.5) is 17.5 Å². The molecule has 0 saturated carbocycles. The summed E-state index contributed by atoms with van der Waals surface area (Å²) in [6.45, 7) is 26.3. The van der Waals surface area contributed by atoms with Crippen molar-refractivity contribution in [3.05, 3.63) is 137 Å². The molecule has 9 rings (SSSR count). The van der Waals surface area contributed by atoms with Crippen LogP contribution >= 0.6 is 35.2 Å². The number of esters is 3. The number of nitrogens with zero attached hydrogens (tertiary/aromatic N) is 12. The van der Waals surface area contributed by atoms with E-state index >= 15 is 0 Å². The van der Waals surface area contributed by atoms with Gasteiger partial charge in [-0.15, -0.1) is 43.5 Å². The van der Waals surface area contributed by atoms with Gasteiger partial charge < -0.3 is 87.8 Å². The molecule has 6 heterocycles. The average Bonchev–Trinajstić information content (AvgIpc) is 1.63. The van der Waals surface area contributed by atoms with Crippen molar-refractivity contribution in [3.8, 4) is 17.6 Å². The highest BCUT2D eigenvalue weighted by atomic mass is 32.1. The van der Waals surface area contributed by atoms with Crippen LogP contribution in [0.15, 0.2) is 72.8 Å². The van der Waals surface area contributed by atoms with Crippen LogP contribution in [0.5, 0.6) is 17.6 Å². The van der Waals surface area contributed by atoms with Crippen molar-refractivity contribution in [2.75, 3.05) is 133 Å². The molecule has 3 fully saturated rings. The second-order valence-corrected chi connectivity index (χ2v) is 27.5. The molecule has 0 radical (unpaired) electrons. The van der Waals surface area contributed by atoms with Crippen molar-refractivity contribution >= 4 is 70.5 Å². The molecule has 102 heavy (non-hydrogen) atoms. The second-order valence-electron chi connectivity index (χ2n) is 25.9. The van der Waals surface area contributed by atoms with Crippen molar-refractivity contribution in [2.45, 2.75) is 117 Å². The lowest BCUT2D eigenvalue weighted by Gasteiger charge is -2.27. The summed E-state index contributed by atoms with van der Waals surface area (Å²) in [6, 6.07) is 19.0. The summed E-state index contributed by atoms with van der Waals surface area (Å²) in [5.41, 5.74) is 1.55. The molecule has 3 unspecified atom stereocenters. The molecule has 3 atom stereocenters. The molecule has 3 aliphatic heterocycles. The summed E-state index contributed by atoms with van der Waals surface area (Å²) in [5.74, 6) is 1.40. The van der Waals surface area contributed by atoms with Crippen molar-refractivity contribution in [1.29, 1.82) is 0 Å². The lowest BCUT2D eigenvalue weighted by molar-refractivity contribution is -0.763. The van der Waals surface area contributed by atoms with Gasteiger partial charge in [0.15, 0.2) is 0 Å². The number of carbonyl (C=O) groups is 3. The summed E-state index contributed by atoms with van der Waals surface area (Å²) < 4.78 is 76.9. The third-order valence-electron chi connectivity index (χ3n) is 14.5. The Hall–Kier alpha value is -9.09. The zero-order chi connectivity index (χ0) is 73.7. The molecule has 36 nitrogen and oxygen atoms in total. The van der Waals surface area contributed by atoms with E-state index in [1.165, 1.54) is 24.3 Å². The van der Waals surface area contributed by atoms with Crippen molar-refractivity contribution in [2.24, 2.45) is 0 Å². The average molecular weight is 1490 g/mol. The molecule has 3 saturated heterocycles. The van der Waals surface area contributed by atoms with Gasteiger partial charge in [-0.3, -0.25) is 0 Å². The number of hydrogen-bond acceptors (Lipinski definition) is 36. The van der Waals surface area contributed by atoms with Crippen LogP contribution < -0.4 is 44.9 Å². The van der Waals surface area contributed by atoms with Crippen LogP contribution in [0, 0.1) is 30.3 Å². The summed E-state index contributed by atoms with van der Waals surface area (Å²) in [5, 5.41) is 38.7. The van der Waals surface area contributed by atoms with E-state index in [4.69, 9.17) is 42.6 Å². The molecule has 3 N–H and O–H groups in total. The fourth-order valence-electron chi connectivity index (χ4n) is 9.29. The van der Waals surface area contributed by atoms with Crippen LogP contribution in [0.2, 0.25) is 0 Å². The van der Waals surface area contributed by atoms with Crippen molar-refractivity contribution in [3.63, 3.8) is 0 Å². The number of aromatic nitrogens is 6. The van der Waals surface area contributed by atoms with Gasteiger partial charge >= 0.3 is 17.9 Å². The molecular formula is C63H87N15O21S3. The third-order valence-corrected chi connectivity index (χ3v) is 16.0. The number of anilines is 3. The van der Waals surface area contributed by atoms with E-state index in [1.807, 2.05) is 67.2 Å². The highest BCUT2D eigenvalue weighted by molar-refractivity contribution is 7.00. The van der Waals surface area contributed by atoms with E-state index in [0.29, 0.717) is 156 Å². The van der Waals surface area contributed by atoms with Crippen LogP contribution in [0.25, 0.3) is 0 Å². The van der Waals surface area contributed by atoms with E-state index in [1.54, 1.807) is 48.5 Å². The summed E-state index contributed by atoms with van der Waals surface area (Å²) >= 11 is 3.17. The zero-order valence-electron chi connectivity index (χ0n) is 58.2. The SMILES string of the molecule is CC(C)(C)NCC(COc1nsnc1N1CCOCC1)OC(=O)c1ccc(CO[N+](=O)[O-])cc1.CC(C)(C)NCC(COc1nsnc1N1CCOCC1)OC(=O)c1cccc(CO[N+](=O)[O-])c1.CC(C)(C)NCC(COc1nsnc1N1CCOCC1)OC(=O)c1ccccc1CO[N+](=O)[O-]. The first-order valence-electron chi connectivity index (χ1n) is 32.4. The van der Waals surface area contributed by atoms with Crippen molar-refractivity contribution < 1.29 is 86.8 Å². The fourth-order valence-corrected chi connectivity index (χ4v) is 10.8. The molecule has 558 valence electrons. The van der Waals surface area contributed by atoms with Gasteiger partial charge in [-0.05, 0) is 109 Å². The maximum atomic E-state index is 12.9. The van der Waals surface area contributed by atoms with Crippen LogP contribution in [0.3, 0.4) is 0 Å². The Labute approximate surface area is 601 Å². The maximum Gasteiger partial charge on any atom is 0.338 e. The lowest BCUT2D eigenvalue weighted by Crippen LogP contribution is -2.44. The van der Waals surface area contributed by atoms with E-state index < -0.39 is 51.5 Å². The minimum atomic E-state index is -0.903. The summed E-state index contributed by atoms with van der Waals surface area (Å²) in [6.07, 6.45) is -1.87. The predicted octanol–water partition coefficient (Wildman–Crippen LogP) is 6.23. The topological polar surface area (TPSA) is 415 Å². The van der Waals surface area contributed by atoms with E-state index in [9.17, 15) is 44.7 Å². The maximum absolute atomic E-state index is 12.9. The number of carbonyl (C=O) groups excluding carboxylic acids is 3. The molecular weight excluding hydrogens is 1400 g/mol. The van der Waals surface area contributed by atoms with Crippen LogP contribution in [0.1, 0.15) is 110 Å². The molecule has 6 aromatic rings. The van der Waals surface area contributed by atoms with Gasteiger partial charge in [0, 0.05) is 75.5 Å². The third kappa shape index (κ3) is 28.7.